The molecule has 1 saturated heterocycles. The van der Waals surface area contributed by atoms with E-state index in [1.807, 2.05) is 0 Å². The summed E-state index contributed by atoms with van der Waals surface area (Å²) in [6.07, 6.45) is 1.09. The molecule has 0 spiro atoms. The van der Waals surface area contributed by atoms with Crippen LogP contribution in [0.1, 0.15) is 17.3 Å². The first-order chi connectivity index (χ1) is 10.5. The van der Waals surface area contributed by atoms with E-state index in [2.05, 4.69) is 0 Å². The molecule has 8 heteroatoms. The second-order valence-corrected chi connectivity index (χ2v) is 4.77. The molecule has 0 bridgehead atoms. The van der Waals surface area contributed by atoms with Gasteiger partial charge in [0.1, 0.15) is 11.1 Å². The van der Waals surface area contributed by atoms with Crippen LogP contribution in [0.2, 0.25) is 0 Å². The van der Waals surface area contributed by atoms with Gasteiger partial charge in [0.25, 0.3) is 0 Å². The van der Waals surface area contributed by atoms with E-state index in [1.54, 1.807) is 11.9 Å². The summed E-state index contributed by atoms with van der Waals surface area (Å²) < 4.78 is 46.9. The lowest BCUT2D eigenvalue weighted by Crippen LogP contribution is -2.25. The lowest BCUT2D eigenvalue weighted by molar-refractivity contribution is 0.0524. The Balaban J connectivity index is 2.38. The average Bonchev–Trinajstić information content (AvgIpc) is 3.30. The molecule has 3 rings (SSSR count). The van der Waals surface area contributed by atoms with Crippen molar-refractivity contribution in [3.63, 3.8) is 0 Å². The molecule has 0 saturated carbocycles. The molecule has 0 unspecified atom stereocenters. The smallest absolute Gasteiger partial charge is 0.343 e. The van der Waals surface area contributed by atoms with E-state index >= 15 is 0 Å². The third-order valence-corrected chi connectivity index (χ3v) is 3.33. The van der Waals surface area contributed by atoms with Crippen LogP contribution in [0, 0.1) is 17.5 Å². The Bertz CT molecular complexity index is 844. The molecule has 2 aromatic rings. The second kappa shape index (κ2) is 5.04. The zero-order chi connectivity index (χ0) is 16.0. The molecule has 1 aliphatic heterocycles. The van der Waals surface area contributed by atoms with Crippen LogP contribution >= 0.6 is 0 Å². The lowest BCUT2D eigenvalue weighted by atomic mass is 10.1. The van der Waals surface area contributed by atoms with Crippen molar-refractivity contribution in [2.75, 3.05) is 24.7 Å². The molecule has 0 amide bonds. The molecule has 22 heavy (non-hydrogen) atoms. The average molecular weight is 312 g/mol. The Hall–Kier alpha value is -2.51. The molecule has 1 aromatic carbocycles. The van der Waals surface area contributed by atoms with Crippen molar-refractivity contribution in [2.24, 2.45) is 0 Å². The number of aromatic nitrogens is 1. The summed E-state index contributed by atoms with van der Waals surface area (Å²) in [4.78, 5) is 24.1. The topological polar surface area (TPSA) is 51.3 Å². The Labute approximate surface area is 122 Å². The fraction of sp³-hybridized carbons (Fsp3) is 0.286. The van der Waals surface area contributed by atoms with E-state index in [1.165, 1.54) is 0 Å². The van der Waals surface area contributed by atoms with Crippen LogP contribution in [0.5, 0.6) is 0 Å². The van der Waals surface area contributed by atoms with Gasteiger partial charge in [-0.05, 0) is 13.0 Å². The quantitative estimate of drug-likeness (QED) is 0.490. The third kappa shape index (κ3) is 2.11. The highest BCUT2D eigenvalue weighted by Crippen LogP contribution is 2.23. The van der Waals surface area contributed by atoms with Crippen molar-refractivity contribution < 1.29 is 22.7 Å². The predicted molar refractivity (Wildman–Crippen MR) is 72.0 cm³/mol. The molecule has 5 nitrogen and oxygen atoms in total. The van der Waals surface area contributed by atoms with Crippen molar-refractivity contribution in [3.05, 3.63) is 45.5 Å². The third-order valence-electron chi connectivity index (χ3n) is 3.33. The number of fused-ring (bicyclic) bond motifs is 1. The van der Waals surface area contributed by atoms with Gasteiger partial charge in [0.05, 0.1) is 25.1 Å². The minimum atomic E-state index is -1.66. The molecule has 116 valence electrons. The van der Waals surface area contributed by atoms with Crippen molar-refractivity contribution >= 4 is 16.9 Å². The molecule has 0 N–H and O–H groups in total. The number of hydrogen-bond acceptors (Lipinski definition) is 4. The standard InChI is InChI=1S/C14H11F3N2O3/c1-2-22-14(21)8-6-19(18-3-4-18)12-7(13(8)20)5-9(15)10(16)11(12)17/h5-6H,2-4H2,1H3. The Kier molecular flexibility index (Phi) is 3.31. The van der Waals surface area contributed by atoms with E-state index in [9.17, 15) is 22.8 Å². The van der Waals surface area contributed by atoms with Crippen LogP contribution in [0.15, 0.2) is 17.1 Å². The maximum atomic E-state index is 14.1. The number of rotatable bonds is 3. The maximum Gasteiger partial charge on any atom is 0.343 e. The van der Waals surface area contributed by atoms with Crippen LogP contribution in [0.25, 0.3) is 10.9 Å². The lowest BCUT2D eigenvalue weighted by Gasteiger charge is -2.15. The summed E-state index contributed by atoms with van der Waals surface area (Å²) in [6, 6.07) is 0.596. The number of ether oxygens (including phenoxy) is 1. The minimum Gasteiger partial charge on any atom is -0.462 e. The van der Waals surface area contributed by atoms with Crippen molar-refractivity contribution in [2.45, 2.75) is 6.92 Å². The predicted octanol–water partition coefficient (Wildman–Crippen LogP) is 1.55. The van der Waals surface area contributed by atoms with Crippen LogP contribution < -0.4 is 10.4 Å². The van der Waals surface area contributed by atoms with Crippen LogP contribution in [-0.2, 0) is 4.74 Å². The molecule has 0 radical (unpaired) electrons. The first-order valence-corrected chi connectivity index (χ1v) is 6.61. The number of hydrogen-bond donors (Lipinski definition) is 0. The van der Waals surface area contributed by atoms with E-state index in [0.29, 0.717) is 19.2 Å². The maximum absolute atomic E-state index is 14.1. The number of carbonyl (C=O) groups is 1. The number of halogens is 3. The zero-order valence-corrected chi connectivity index (χ0v) is 11.5. The van der Waals surface area contributed by atoms with Crippen LogP contribution in [0.4, 0.5) is 13.2 Å². The number of benzene rings is 1. The van der Waals surface area contributed by atoms with Gasteiger partial charge in [0.15, 0.2) is 17.5 Å². The molecular formula is C14H11F3N2O3. The first kappa shape index (κ1) is 14.4. The summed E-state index contributed by atoms with van der Waals surface area (Å²) in [6.45, 7) is 2.69. The highest BCUT2D eigenvalue weighted by Gasteiger charge is 2.27. The molecule has 1 aromatic heterocycles. The van der Waals surface area contributed by atoms with Crippen molar-refractivity contribution in [1.29, 1.82) is 0 Å². The highest BCUT2D eigenvalue weighted by molar-refractivity contribution is 5.94. The number of pyridine rings is 1. The van der Waals surface area contributed by atoms with Crippen molar-refractivity contribution in [1.82, 2.24) is 4.68 Å². The van der Waals surface area contributed by atoms with Crippen LogP contribution in [-0.4, -0.2) is 30.3 Å². The summed E-state index contributed by atoms with van der Waals surface area (Å²) >= 11 is 0. The molecule has 2 heterocycles. The van der Waals surface area contributed by atoms with Crippen LogP contribution in [0.3, 0.4) is 0 Å². The second-order valence-electron chi connectivity index (χ2n) is 4.77. The summed E-state index contributed by atoms with van der Waals surface area (Å²) in [5.74, 6) is -5.50. The fourth-order valence-corrected chi connectivity index (χ4v) is 2.21. The van der Waals surface area contributed by atoms with Gasteiger partial charge in [-0.25, -0.2) is 18.0 Å². The zero-order valence-electron chi connectivity index (χ0n) is 11.5. The normalized spacial score (nSPS) is 13.5. The highest BCUT2D eigenvalue weighted by atomic mass is 19.2. The first-order valence-electron chi connectivity index (χ1n) is 6.61. The monoisotopic (exact) mass is 312 g/mol. The van der Waals surface area contributed by atoms with Crippen molar-refractivity contribution in [3.8, 4) is 0 Å². The van der Waals surface area contributed by atoms with E-state index in [-0.39, 0.29) is 12.2 Å². The van der Waals surface area contributed by atoms with Gasteiger partial charge in [0.2, 0.25) is 5.43 Å². The number of nitrogens with zero attached hydrogens (tertiary/aromatic N) is 2. The summed E-state index contributed by atoms with van der Waals surface area (Å²) in [7, 11) is 0. The van der Waals surface area contributed by atoms with Gasteiger partial charge in [-0.2, -0.15) is 0 Å². The molecule has 0 aliphatic carbocycles. The molecule has 1 aliphatic rings. The van der Waals surface area contributed by atoms with E-state index in [0.717, 1.165) is 10.9 Å². The number of carbonyl (C=O) groups excluding carboxylic acids is 1. The SMILES string of the molecule is CCOC(=O)c1cn(N2CC2)c2c(F)c(F)c(F)cc2c1=O. The Morgan fingerprint density at radius 2 is 1.95 bits per heavy atom. The van der Waals surface area contributed by atoms with Gasteiger partial charge in [-0.1, -0.05) is 0 Å². The summed E-state index contributed by atoms with van der Waals surface area (Å²) in [5.41, 5.74) is -1.65. The largest absolute Gasteiger partial charge is 0.462 e. The Morgan fingerprint density at radius 3 is 2.55 bits per heavy atom. The minimum absolute atomic E-state index is 0.0478. The van der Waals surface area contributed by atoms with Gasteiger partial charge in [-0.3, -0.25) is 9.47 Å². The van der Waals surface area contributed by atoms with Gasteiger partial charge in [0, 0.05) is 6.20 Å². The van der Waals surface area contributed by atoms with E-state index < -0.39 is 39.8 Å². The fourth-order valence-electron chi connectivity index (χ4n) is 2.21. The van der Waals surface area contributed by atoms with Gasteiger partial charge < -0.3 is 9.75 Å². The van der Waals surface area contributed by atoms with Gasteiger partial charge >= 0.3 is 5.97 Å². The molecular weight excluding hydrogens is 301 g/mol. The van der Waals surface area contributed by atoms with Gasteiger partial charge in [-0.15, -0.1) is 0 Å². The molecule has 0 atom stereocenters. The molecule has 1 fully saturated rings. The summed E-state index contributed by atoms with van der Waals surface area (Å²) in [5, 5.41) is 1.15. The Morgan fingerprint density at radius 1 is 1.27 bits per heavy atom. The van der Waals surface area contributed by atoms with E-state index in [4.69, 9.17) is 4.74 Å². The number of esters is 1.